The van der Waals surface area contributed by atoms with Crippen LogP contribution in [0.3, 0.4) is 0 Å². The first-order chi connectivity index (χ1) is 12.6. The lowest BCUT2D eigenvalue weighted by molar-refractivity contribution is 0.0848. The summed E-state index contributed by atoms with van der Waals surface area (Å²) < 4.78 is 13.0. The van der Waals surface area contributed by atoms with Crippen LogP contribution in [0.4, 0.5) is 5.69 Å². The Labute approximate surface area is 154 Å². The monoisotopic (exact) mass is 354 g/mol. The largest absolute Gasteiger partial charge is 0.496 e. The third-order valence-electron chi connectivity index (χ3n) is 4.48. The van der Waals surface area contributed by atoms with E-state index in [4.69, 9.17) is 14.5 Å². The first-order valence-corrected chi connectivity index (χ1v) is 8.83. The van der Waals surface area contributed by atoms with Gasteiger partial charge in [-0.1, -0.05) is 12.6 Å². The summed E-state index contributed by atoms with van der Waals surface area (Å²) in [6, 6.07) is 6.12. The Hall–Kier alpha value is -2.60. The molecule has 2 heterocycles. The Morgan fingerprint density at radius 2 is 2.15 bits per heavy atom. The van der Waals surface area contributed by atoms with E-state index in [1.807, 2.05) is 36.9 Å². The maximum atomic E-state index is 5.65. The van der Waals surface area contributed by atoms with E-state index in [1.165, 1.54) is 5.56 Å². The van der Waals surface area contributed by atoms with Crippen LogP contribution in [0.15, 0.2) is 47.9 Å². The van der Waals surface area contributed by atoms with Gasteiger partial charge in [0.1, 0.15) is 5.75 Å². The van der Waals surface area contributed by atoms with E-state index in [2.05, 4.69) is 22.9 Å². The van der Waals surface area contributed by atoms with E-state index >= 15 is 0 Å². The molecule has 1 saturated heterocycles. The quantitative estimate of drug-likeness (QED) is 0.659. The minimum atomic E-state index is 0.472. The number of ether oxygens (including phenoxy) is 2. The number of hydrogen-bond donors (Lipinski definition) is 1. The van der Waals surface area contributed by atoms with Crippen LogP contribution in [0.5, 0.6) is 5.75 Å². The van der Waals surface area contributed by atoms with Crippen LogP contribution < -0.4 is 10.1 Å². The number of nitrogens with zero attached hydrogens (tertiary/aromatic N) is 3. The fourth-order valence-corrected chi connectivity index (χ4v) is 3.17. The van der Waals surface area contributed by atoms with Gasteiger partial charge in [0.25, 0.3) is 0 Å². The van der Waals surface area contributed by atoms with Crippen molar-refractivity contribution in [1.29, 1.82) is 0 Å². The fourth-order valence-electron chi connectivity index (χ4n) is 3.17. The molecule has 1 aromatic heterocycles. The number of methoxy groups -OCH3 is 1. The molecule has 0 radical (unpaired) electrons. The molecule has 1 aliphatic heterocycles. The van der Waals surface area contributed by atoms with Crippen LogP contribution in [0.25, 0.3) is 0 Å². The zero-order chi connectivity index (χ0) is 18.5. The number of nitrogens with one attached hydrogen (secondary N) is 1. The Morgan fingerprint density at radius 1 is 1.38 bits per heavy atom. The zero-order valence-corrected chi connectivity index (χ0v) is 15.7. The van der Waals surface area contributed by atoms with Gasteiger partial charge in [0.05, 0.1) is 12.8 Å². The molecular weight excluding hydrogens is 328 g/mol. The first-order valence-electron chi connectivity index (χ1n) is 8.83. The molecule has 1 N–H and O–H groups in total. The summed E-state index contributed by atoms with van der Waals surface area (Å²) in [4.78, 5) is 9.14. The van der Waals surface area contributed by atoms with Crippen molar-refractivity contribution in [2.75, 3.05) is 20.3 Å². The van der Waals surface area contributed by atoms with Crippen molar-refractivity contribution in [1.82, 2.24) is 14.9 Å². The lowest BCUT2D eigenvalue weighted by Gasteiger charge is -2.24. The number of aromatic nitrogens is 2. The van der Waals surface area contributed by atoms with Gasteiger partial charge < -0.3 is 19.4 Å². The van der Waals surface area contributed by atoms with E-state index in [-0.39, 0.29) is 0 Å². The molecule has 0 bridgehead atoms. The van der Waals surface area contributed by atoms with Crippen LogP contribution in [0.1, 0.15) is 37.1 Å². The average molecular weight is 354 g/mol. The molecule has 2 aromatic rings. The molecule has 0 amide bonds. The number of amidine groups is 1. The number of aliphatic imine (C=N–C) groups is 1. The topological polar surface area (TPSA) is 60.7 Å². The summed E-state index contributed by atoms with van der Waals surface area (Å²) in [6.45, 7) is 7.43. The van der Waals surface area contributed by atoms with Gasteiger partial charge in [0, 0.05) is 44.4 Å². The highest BCUT2D eigenvalue weighted by molar-refractivity contribution is 5.98. The van der Waals surface area contributed by atoms with Crippen molar-refractivity contribution >= 4 is 11.5 Å². The van der Waals surface area contributed by atoms with E-state index in [1.54, 1.807) is 13.3 Å². The van der Waals surface area contributed by atoms with Gasteiger partial charge in [-0.3, -0.25) is 0 Å². The second-order valence-electron chi connectivity index (χ2n) is 6.54. The molecule has 0 aliphatic carbocycles. The minimum absolute atomic E-state index is 0.472. The van der Waals surface area contributed by atoms with Crippen LogP contribution >= 0.6 is 0 Å². The van der Waals surface area contributed by atoms with Crippen LogP contribution in [0.2, 0.25) is 0 Å². The van der Waals surface area contributed by atoms with Crippen molar-refractivity contribution in [3.8, 4) is 5.75 Å². The molecule has 0 unspecified atom stereocenters. The lowest BCUT2D eigenvalue weighted by atomic mass is 9.91. The van der Waals surface area contributed by atoms with Gasteiger partial charge in [-0.05, 0) is 37.3 Å². The maximum absolute atomic E-state index is 5.65. The van der Waals surface area contributed by atoms with Crippen LogP contribution in [-0.4, -0.2) is 35.7 Å². The molecule has 1 aliphatic rings. The number of benzene rings is 1. The predicted molar refractivity (Wildman–Crippen MR) is 103 cm³/mol. The molecule has 6 heteroatoms. The van der Waals surface area contributed by atoms with Crippen molar-refractivity contribution in [2.24, 2.45) is 12.0 Å². The van der Waals surface area contributed by atoms with Crippen LogP contribution in [-0.2, 0) is 11.8 Å². The smallest absolute Gasteiger partial charge is 0.175 e. The van der Waals surface area contributed by atoms with Gasteiger partial charge in [0.2, 0.25) is 0 Å². The van der Waals surface area contributed by atoms with E-state index in [0.717, 1.165) is 49.0 Å². The van der Waals surface area contributed by atoms with Crippen molar-refractivity contribution in [3.05, 3.63) is 54.3 Å². The Bertz CT molecular complexity index is 804. The molecule has 138 valence electrons. The number of aryl methyl sites for hydroxylation is 1. The highest BCUT2D eigenvalue weighted by atomic mass is 16.5. The first kappa shape index (κ1) is 18.2. The van der Waals surface area contributed by atoms with E-state index < -0.39 is 0 Å². The molecule has 26 heavy (non-hydrogen) atoms. The van der Waals surface area contributed by atoms with Gasteiger partial charge >= 0.3 is 0 Å². The molecule has 3 rings (SSSR count). The summed E-state index contributed by atoms with van der Waals surface area (Å²) in [5, 5.41) is 3.20. The minimum Gasteiger partial charge on any atom is -0.496 e. The Morgan fingerprint density at radius 3 is 2.77 bits per heavy atom. The summed E-state index contributed by atoms with van der Waals surface area (Å²) in [7, 11) is 3.64. The zero-order valence-electron chi connectivity index (χ0n) is 15.7. The lowest BCUT2D eigenvalue weighted by Crippen LogP contribution is -2.25. The third kappa shape index (κ3) is 4.14. The molecule has 0 saturated carbocycles. The number of hydrogen-bond acceptors (Lipinski definition) is 4. The van der Waals surface area contributed by atoms with Gasteiger partial charge in [-0.15, -0.1) is 0 Å². The molecule has 6 nitrogen and oxygen atoms in total. The highest BCUT2D eigenvalue weighted by Gasteiger charge is 2.20. The number of rotatable bonds is 5. The summed E-state index contributed by atoms with van der Waals surface area (Å²) in [6.07, 6.45) is 5.68. The molecule has 1 fully saturated rings. The summed E-state index contributed by atoms with van der Waals surface area (Å²) >= 11 is 0. The molecule has 0 atom stereocenters. The van der Waals surface area contributed by atoms with Crippen molar-refractivity contribution in [3.63, 3.8) is 0 Å². The predicted octanol–water partition coefficient (Wildman–Crippen LogP) is 3.52. The molecule has 0 spiro atoms. The van der Waals surface area contributed by atoms with Crippen molar-refractivity contribution < 1.29 is 9.47 Å². The van der Waals surface area contributed by atoms with E-state index in [0.29, 0.717) is 11.8 Å². The summed E-state index contributed by atoms with van der Waals surface area (Å²) in [5.41, 5.74) is 2.84. The SMILES string of the molecule is C=C(C)NC(=Nc1ccc(C2CCOCC2)c(OC)c1)c1nccn1C. The average Bonchev–Trinajstić information content (AvgIpc) is 3.07. The van der Waals surface area contributed by atoms with Crippen LogP contribution in [0, 0.1) is 0 Å². The second kappa shape index (κ2) is 8.19. The van der Waals surface area contributed by atoms with E-state index in [9.17, 15) is 0 Å². The van der Waals surface area contributed by atoms with Gasteiger partial charge in [-0.2, -0.15) is 0 Å². The molecular formula is C20H26N4O2. The normalized spacial score (nSPS) is 15.7. The van der Waals surface area contributed by atoms with Crippen molar-refractivity contribution in [2.45, 2.75) is 25.7 Å². The maximum Gasteiger partial charge on any atom is 0.175 e. The van der Waals surface area contributed by atoms with Gasteiger partial charge in [0.15, 0.2) is 11.7 Å². The third-order valence-corrected chi connectivity index (χ3v) is 4.48. The standard InChI is InChI=1S/C20H26N4O2/c1-14(2)22-19(20-21-9-10-24(20)3)23-16-5-6-17(18(13-16)25-4)15-7-11-26-12-8-15/h5-6,9-10,13,15H,1,7-8,11-12H2,2-4H3,(H,22,23). The Balaban J connectivity index is 1.94. The number of allylic oxidation sites excluding steroid dienone is 1. The molecule has 1 aromatic carbocycles. The fraction of sp³-hybridized carbons (Fsp3) is 0.400. The highest BCUT2D eigenvalue weighted by Crippen LogP contribution is 2.36. The number of imidazole rings is 1. The Kier molecular flexibility index (Phi) is 5.73. The van der Waals surface area contributed by atoms with Gasteiger partial charge in [-0.25, -0.2) is 9.98 Å². The summed E-state index contributed by atoms with van der Waals surface area (Å²) in [5.74, 6) is 2.75. The second-order valence-corrected chi connectivity index (χ2v) is 6.54.